The fourth-order valence-electron chi connectivity index (χ4n) is 2.75. The lowest BCUT2D eigenvalue weighted by atomic mass is 10.1. The van der Waals surface area contributed by atoms with E-state index in [4.69, 9.17) is 9.47 Å². The van der Waals surface area contributed by atoms with Crippen LogP contribution >= 0.6 is 11.3 Å². The van der Waals surface area contributed by atoms with E-state index < -0.39 is 0 Å². The molecule has 1 aromatic carbocycles. The average Bonchev–Trinajstić information content (AvgIpc) is 3.05. The van der Waals surface area contributed by atoms with Gasteiger partial charge in [0.15, 0.2) is 0 Å². The minimum absolute atomic E-state index is 0.106. The molecule has 118 valence electrons. The number of hydrogen-bond donors (Lipinski definition) is 0. The van der Waals surface area contributed by atoms with Crippen LogP contribution in [-0.4, -0.2) is 42.7 Å². The van der Waals surface area contributed by atoms with Crippen LogP contribution in [0.4, 0.5) is 0 Å². The molecular formula is C17H22N2O2S. The maximum Gasteiger partial charge on any atom is 0.125 e. The molecule has 0 bridgehead atoms. The summed E-state index contributed by atoms with van der Waals surface area (Å²) in [5, 5.41) is 3.07. The average molecular weight is 318 g/mol. The van der Waals surface area contributed by atoms with Crippen LogP contribution in [0.15, 0.2) is 29.8 Å². The molecule has 1 aliphatic heterocycles. The highest BCUT2D eigenvalue weighted by atomic mass is 32.1. The molecule has 1 unspecified atom stereocenters. The SMILES string of the molecule is Cc1cccc(C)c1OCCN1CCOC(c2nccs2)C1. The van der Waals surface area contributed by atoms with Crippen LogP contribution < -0.4 is 4.74 Å². The van der Waals surface area contributed by atoms with Crippen LogP contribution in [0.2, 0.25) is 0 Å². The van der Waals surface area contributed by atoms with E-state index >= 15 is 0 Å². The summed E-state index contributed by atoms with van der Waals surface area (Å²) in [6.07, 6.45) is 1.95. The Morgan fingerprint density at radius 3 is 2.91 bits per heavy atom. The predicted molar refractivity (Wildman–Crippen MR) is 88.7 cm³/mol. The molecule has 5 heteroatoms. The van der Waals surface area contributed by atoms with E-state index in [1.807, 2.05) is 11.6 Å². The molecule has 0 radical (unpaired) electrons. The van der Waals surface area contributed by atoms with Crippen LogP contribution in [0.1, 0.15) is 22.2 Å². The van der Waals surface area contributed by atoms with Crippen molar-refractivity contribution in [2.24, 2.45) is 0 Å². The number of rotatable bonds is 5. The molecule has 1 fully saturated rings. The van der Waals surface area contributed by atoms with Gasteiger partial charge in [-0.25, -0.2) is 4.98 Å². The number of para-hydroxylation sites is 1. The van der Waals surface area contributed by atoms with Crippen LogP contribution in [0.5, 0.6) is 5.75 Å². The molecule has 1 aromatic heterocycles. The van der Waals surface area contributed by atoms with E-state index in [0.29, 0.717) is 6.61 Å². The molecule has 0 aliphatic carbocycles. The number of thiazole rings is 1. The molecule has 1 aliphatic rings. The summed E-state index contributed by atoms with van der Waals surface area (Å²) in [6.45, 7) is 8.41. The van der Waals surface area contributed by atoms with Crippen LogP contribution in [0.25, 0.3) is 0 Å². The second-order valence-corrected chi connectivity index (χ2v) is 6.53. The van der Waals surface area contributed by atoms with Crippen molar-refractivity contribution in [1.29, 1.82) is 0 Å². The molecule has 22 heavy (non-hydrogen) atoms. The van der Waals surface area contributed by atoms with Gasteiger partial charge >= 0.3 is 0 Å². The van der Waals surface area contributed by atoms with Crippen molar-refractivity contribution in [3.63, 3.8) is 0 Å². The molecule has 1 atom stereocenters. The van der Waals surface area contributed by atoms with E-state index in [2.05, 4.69) is 41.9 Å². The third-order valence-electron chi connectivity index (χ3n) is 3.94. The summed E-state index contributed by atoms with van der Waals surface area (Å²) < 4.78 is 11.8. The monoisotopic (exact) mass is 318 g/mol. The molecule has 0 amide bonds. The quantitative estimate of drug-likeness (QED) is 0.848. The molecule has 0 N–H and O–H groups in total. The Balaban J connectivity index is 1.51. The summed E-state index contributed by atoms with van der Waals surface area (Å²) >= 11 is 1.66. The number of ether oxygens (including phenoxy) is 2. The lowest BCUT2D eigenvalue weighted by Crippen LogP contribution is -2.40. The number of morpholine rings is 1. The normalized spacial score (nSPS) is 19.3. The lowest BCUT2D eigenvalue weighted by molar-refractivity contribution is -0.0330. The molecule has 0 spiro atoms. The number of hydrogen-bond acceptors (Lipinski definition) is 5. The highest BCUT2D eigenvalue weighted by Crippen LogP contribution is 2.24. The van der Waals surface area contributed by atoms with Crippen molar-refractivity contribution >= 4 is 11.3 Å². The lowest BCUT2D eigenvalue weighted by Gasteiger charge is -2.31. The van der Waals surface area contributed by atoms with Crippen molar-refractivity contribution < 1.29 is 9.47 Å². The summed E-state index contributed by atoms with van der Waals surface area (Å²) in [5.74, 6) is 1.02. The van der Waals surface area contributed by atoms with Gasteiger partial charge in [0.25, 0.3) is 0 Å². The minimum atomic E-state index is 0.106. The smallest absolute Gasteiger partial charge is 0.125 e. The molecule has 2 heterocycles. The topological polar surface area (TPSA) is 34.6 Å². The summed E-state index contributed by atoms with van der Waals surface area (Å²) in [7, 11) is 0. The van der Waals surface area contributed by atoms with Crippen LogP contribution in [0, 0.1) is 13.8 Å². The Kier molecular flexibility index (Phi) is 5.08. The first-order valence-electron chi connectivity index (χ1n) is 7.66. The number of aromatic nitrogens is 1. The second-order valence-electron chi connectivity index (χ2n) is 5.60. The van der Waals surface area contributed by atoms with Crippen molar-refractivity contribution in [3.8, 4) is 5.75 Å². The van der Waals surface area contributed by atoms with Gasteiger partial charge in [-0.15, -0.1) is 11.3 Å². The molecular weight excluding hydrogens is 296 g/mol. The number of aryl methyl sites for hydroxylation is 2. The maximum absolute atomic E-state index is 6.00. The van der Waals surface area contributed by atoms with Gasteiger partial charge in [0.1, 0.15) is 23.5 Å². The zero-order valence-electron chi connectivity index (χ0n) is 13.1. The first kappa shape index (κ1) is 15.5. The predicted octanol–water partition coefficient (Wildman–Crippen LogP) is 3.21. The first-order chi connectivity index (χ1) is 10.7. The minimum Gasteiger partial charge on any atom is -0.492 e. The Bertz CT molecular complexity index is 580. The van der Waals surface area contributed by atoms with Gasteiger partial charge in [0, 0.05) is 31.2 Å². The van der Waals surface area contributed by atoms with Crippen molar-refractivity contribution in [2.75, 3.05) is 32.8 Å². The Morgan fingerprint density at radius 2 is 2.18 bits per heavy atom. The summed E-state index contributed by atoms with van der Waals surface area (Å²) in [4.78, 5) is 6.75. The maximum atomic E-state index is 6.00. The van der Waals surface area contributed by atoms with Crippen LogP contribution in [0.3, 0.4) is 0 Å². The molecule has 2 aromatic rings. The highest BCUT2D eigenvalue weighted by molar-refractivity contribution is 7.09. The van der Waals surface area contributed by atoms with Gasteiger partial charge in [-0.05, 0) is 25.0 Å². The van der Waals surface area contributed by atoms with E-state index in [0.717, 1.165) is 37.0 Å². The fourth-order valence-corrected chi connectivity index (χ4v) is 3.43. The number of nitrogens with zero attached hydrogens (tertiary/aromatic N) is 2. The van der Waals surface area contributed by atoms with E-state index in [9.17, 15) is 0 Å². The van der Waals surface area contributed by atoms with Crippen molar-refractivity contribution in [1.82, 2.24) is 9.88 Å². The Morgan fingerprint density at radius 1 is 1.36 bits per heavy atom. The summed E-state index contributed by atoms with van der Waals surface area (Å²) in [6, 6.07) is 6.25. The van der Waals surface area contributed by atoms with Crippen molar-refractivity contribution in [3.05, 3.63) is 45.9 Å². The Labute approximate surface area is 135 Å². The molecule has 0 saturated carbocycles. The van der Waals surface area contributed by atoms with Crippen LogP contribution in [-0.2, 0) is 4.74 Å². The molecule has 3 rings (SSSR count). The fraction of sp³-hybridized carbons (Fsp3) is 0.471. The Hall–Kier alpha value is -1.43. The van der Waals surface area contributed by atoms with Gasteiger partial charge in [-0.1, -0.05) is 18.2 Å². The van der Waals surface area contributed by atoms with Gasteiger partial charge < -0.3 is 9.47 Å². The highest BCUT2D eigenvalue weighted by Gasteiger charge is 2.23. The summed E-state index contributed by atoms with van der Waals surface area (Å²) in [5.41, 5.74) is 2.39. The zero-order chi connectivity index (χ0) is 15.4. The third-order valence-corrected chi connectivity index (χ3v) is 4.81. The number of benzene rings is 1. The van der Waals surface area contributed by atoms with E-state index in [-0.39, 0.29) is 6.10 Å². The zero-order valence-corrected chi connectivity index (χ0v) is 13.9. The van der Waals surface area contributed by atoms with Gasteiger partial charge in [-0.2, -0.15) is 0 Å². The van der Waals surface area contributed by atoms with E-state index in [1.54, 1.807) is 11.3 Å². The van der Waals surface area contributed by atoms with Gasteiger partial charge in [0.05, 0.1) is 6.61 Å². The standard InChI is InChI=1S/C17H22N2O2S/c1-13-4-3-5-14(2)16(13)21-10-8-19-7-9-20-15(12-19)17-18-6-11-22-17/h3-6,11,15H,7-10,12H2,1-2H3. The second kappa shape index (κ2) is 7.22. The van der Waals surface area contributed by atoms with Crippen molar-refractivity contribution in [2.45, 2.75) is 20.0 Å². The largest absolute Gasteiger partial charge is 0.492 e. The third kappa shape index (κ3) is 3.66. The molecule has 1 saturated heterocycles. The van der Waals surface area contributed by atoms with E-state index in [1.165, 1.54) is 11.1 Å². The van der Waals surface area contributed by atoms with Gasteiger partial charge in [-0.3, -0.25) is 4.90 Å². The molecule has 4 nitrogen and oxygen atoms in total. The van der Waals surface area contributed by atoms with Gasteiger partial charge in [0.2, 0.25) is 0 Å². The first-order valence-corrected chi connectivity index (χ1v) is 8.54.